The Balaban J connectivity index is 2.06. The van der Waals surface area contributed by atoms with Crippen LogP contribution < -0.4 is 4.74 Å². The summed E-state index contributed by atoms with van der Waals surface area (Å²) in [5.41, 5.74) is 0.726. The molecule has 0 spiro atoms. The molecule has 1 N–H and O–H groups in total. The predicted octanol–water partition coefficient (Wildman–Crippen LogP) is 3.59. The van der Waals surface area contributed by atoms with Crippen LogP contribution in [0.5, 0.6) is 5.75 Å². The van der Waals surface area contributed by atoms with Crippen molar-refractivity contribution in [1.82, 2.24) is 0 Å². The summed E-state index contributed by atoms with van der Waals surface area (Å²) in [4.78, 5) is 11.3. The van der Waals surface area contributed by atoms with E-state index in [1.54, 1.807) is 36.4 Å². The maximum atomic E-state index is 11.3. The summed E-state index contributed by atoms with van der Waals surface area (Å²) in [6.07, 6.45) is 0. The fourth-order valence-corrected chi connectivity index (χ4v) is 1.83. The summed E-state index contributed by atoms with van der Waals surface area (Å²) in [6, 6.07) is 15.9. The first-order valence-corrected chi connectivity index (χ1v) is 6.21. The minimum atomic E-state index is -0.903. The summed E-state index contributed by atoms with van der Waals surface area (Å²) in [6.45, 7) is 0.0843. The third-order valence-corrected chi connectivity index (χ3v) is 2.98. The number of hydrogen-bond donors (Lipinski definition) is 1. The molecular formula is C15H13ClO3. The van der Waals surface area contributed by atoms with E-state index in [4.69, 9.17) is 16.3 Å². The minimum Gasteiger partial charge on any atom is -0.492 e. The van der Waals surface area contributed by atoms with Gasteiger partial charge in [0.1, 0.15) is 18.3 Å². The zero-order valence-electron chi connectivity index (χ0n) is 10.1. The Hall–Kier alpha value is -2.00. The fraction of sp³-hybridized carbons (Fsp3) is 0.133. The maximum absolute atomic E-state index is 11.3. The number of carboxylic acid groups (broad SMARTS) is 1. The molecule has 2 aromatic rings. The highest BCUT2D eigenvalue weighted by atomic mass is 35.5. The summed E-state index contributed by atoms with van der Waals surface area (Å²) in [7, 11) is 0. The molecule has 19 heavy (non-hydrogen) atoms. The van der Waals surface area contributed by atoms with Crippen LogP contribution in [0, 0.1) is 0 Å². The average Bonchev–Trinajstić information content (AvgIpc) is 2.42. The lowest BCUT2D eigenvalue weighted by Gasteiger charge is -2.14. The van der Waals surface area contributed by atoms with Crippen molar-refractivity contribution in [1.29, 1.82) is 0 Å². The van der Waals surface area contributed by atoms with Crippen LogP contribution in [0.3, 0.4) is 0 Å². The summed E-state index contributed by atoms with van der Waals surface area (Å²) < 4.78 is 5.50. The normalized spacial score (nSPS) is 11.8. The molecule has 0 heterocycles. The number of halogens is 1. The third kappa shape index (κ3) is 3.73. The Bertz CT molecular complexity index is 537. The third-order valence-electron chi connectivity index (χ3n) is 2.73. The molecular weight excluding hydrogens is 264 g/mol. The largest absolute Gasteiger partial charge is 0.492 e. The summed E-state index contributed by atoms with van der Waals surface area (Å²) in [5, 5.41) is 9.86. The number of carbonyl (C=O) groups is 1. The number of carboxylic acids is 1. The molecule has 0 amide bonds. The number of aliphatic carboxylic acids is 1. The van der Waals surface area contributed by atoms with E-state index in [1.165, 1.54) is 0 Å². The van der Waals surface area contributed by atoms with E-state index in [0.29, 0.717) is 10.8 Å². The van der Waals surface area contributed by atoms with Crippen LogP contribution in [0.4, 0.5) is 0 Å². The van der Waals surface area contributed by atoms with Crippen LogP contribution in [0.2, 0.25) is 5.02 Å². The highest BCUT2D eigenvalue weighted by molar-refractivity contribution is 6.30. The van der Waals surface area contributed by atoms with Crippen molar-refractivity contribution in [2.24, 2.45) is 0 Å². The molecule has 0 radical (unpaired) electrons. The minimum absolute atomic E-state index is 0.0843. The van der Waals surface area contributed by atoms with Gasteiger partial charge in [-0.1, -0.05) is 41.9 Å². The molecule has 0 aliphatic heterocycles. The molecule has 3 nitrogen and oxygen atoms in total. The van der Waals surface area contributed by atoms with Crippen LogP contribution in [-0.4, -0.2) is 17.7 Å². The zero-order chi connectivity index (χ0) is 13.7. The molecule has 0 saturated heterocycles. The van der Waals surface area contributed by atoms with E-state index in [9.17, 15) is 9.90 Å². The van der Waals surface area contributed by atoms with Crippen LogP contribution in [0.1, 0.15) is 11.5 Å². The van der Waals surface area contributed by atoms with Gasteiger partial charge >= 0.3 is 5.97 Å². The van der Waals surface area contributed by atoms with Crippen LogP contribution in [0.15, 0.2) is 54.6 Å². The van der Waals surface area contributed by atoms with Crippen LogP contribution >= 0.6 is 11.6 Å². The monoisotopic (exact) mass is 276 g/mol. The van der Waals surface area contributed by atoms with Gasteiger partial charge in [-0.15, -0.1) is 0 Å². The van der Waals surface area contributed by atoms with E-state index in [0.717, 1.165) is 5.56 Å². The van der Waals surface area contributed by atoms with Gasteiger partial charge in [-0.05, 0) is 29.8 Å². The van der Waals surface area contributed by atoms with Gasteiger partial charge in [-0.25, -0.2) is 0 Å². The second-order valence-corrected chi connectivity index (χ2v) is 4.50. The molecule has 1 atom stereocenters. The first-order valence-electron chi connectivity index (χ1n) is 5.83. The van der Waals surface area contributed by atoms with Gasteiger partial charge in [0.2, 0.25) is 0 Å². The summed E-state index contributed by atoms with van der Waals surface area (Å²) in [5.74, 6) is -0.983. The molecule has 0 aliphatic rings. The highest BCUT2D eigenvalue weighted by Crippen LogP contribution is 2.20. The van der Waals surface area contributed by atoms with E-state index in [1.807, 2.05) is 18.2 Å². The first-order chi connectivity index (χ1) is 9.16. The molecule has 2 aromatic carbocycles. The van der Waals surface area contributed by atoms with Gasteiger partial charge in [0.05, 0.1) is 0 Å². The molecule has 0 aliphatic carbocycles. The van der Waals surface area contributed by atoms with Crippen molar-refractivity contribution in [3.05, 3.63) is 65.2 Å². The van der Waals surface area contributed by atoms with Crippen molar-refractivity contribution < 1.29 is 14.6 Å². The lowest BCUT2D eigenvalue weighted by atomic mass is 10.0. The Morgan fingerprint density at radius 1 is 1.11 bits per heavy atom. The Labute approximate surface area is 116 Å². The quantitative estimate of drug-likeness (QED) is 0.908. The van der Waals surface area contributed by atoms with Crippen LogP contribution in [0.25, 0.3) is 0 Å². The van der Waals surface area contributed by atoms with Gasteiger partial charge in [-0.2, -0.15) is 0 Å². The van der Waals surface area contributed by atoms with Crippen molar-refractivity contribution in [2.45, 2.75) is 5.92 Å². The zero-order valence-corrected chi connectivity index (χ0v) is 10.9. The lowest BCUT2D eigenvalue weighted by molar-refractivity contribution is -0.139. The van der Waals surface area contributed by atoms with Gasteiger partial charge in [-0.3, -0.25) is 4.79 Å². The molecule has 4 heteroatoms. The Morgan fingerprint density at radius 3 is 2.32 bits per heavy atom. The predicted molar refractivity (Wildman–Crippen MR) is 73.8 cm³/mol. The second-order valence-electron chi connectivity index (χ2n) is 4.07. The first kappa shape index (κ1) is 13.4. The molecule has 0 bridgehead atoms. The van der Waals surface area contributed by atoms with Crippen molar-refractivity contribution in [3.63, 3.8) is 0 Å². The van der Waals surface area contributed by atoms with Gasteiger partial charge in [0.25, 0.3) is 0 Å². The molecule has 0 fully saturated rings. The fourth-order valence-electron chi connectivity index (χ4n) is 1.71. The lowest BCUT2D eigenvalue weighted by Crippen LogP contribution is -2.19. The Kier molecular flexibility index (Phi) is 4.42. The molecule has 2 rings (SSSR count). The summed E-state index contributed by atoms with van der Waals surface area (Å²) >= 11 is 5.77. The standard InChI is InChI=1S/C15H13ClO3/c16-12-6-8-13(9-7-12)19-10-14(15(17)18)11-4-2-1-3-5-11/h1-9,14H,10H2,(H,17,18). The second kappa shape index (κ2) is 6.25. The highest BCUT2D eigenvalue weighted by Gasteiger charge is 2.20. The van der Waals surface area contributed by atoms with Gasteiger partial charge in [0.15, 0.2) is 0 Å². The SMILES string of the molecule is O=C(O)C(COc1ccc(Cl)cc1)c1ccccc1. The smallest absolute Gasteiger partial charge is 0.314 e. The van der Waals surface area contributed by atoms with Crippen LogP contribution in [-0.2, 0) is 4.79 Å². The molecule has 1 unspecified atom stereocenters. The van der Waals surface area contributed by atoms with E-state index in [-0.39, 0.29) is 6.61 Å². The van der Waals surface area contributed by atoms with Gasteiger partial charge < -0.3 is 9.84 Å². The molecule has 98 valence electrons. The number of ether oxygens (including phenoxy) is 1. The number of hydrogen-bond acceptors (Lipinski definition) is 2. The number of rotatable bonds is 5. The Morgan fingerprint density at radius 2 is 1.74 bits per heavy atom. The van der Waals surface area contributed by atoms with Gasteiger partial charge in [0, 0.05) is 5.02 Å². The van der Waals surface area contributed by atoms with Crippen molar-refractivity contribution >= 4 is 17.6 Å². The number of benzene rings is 2. The average molecular weight is 277 g/mol. The molecule has 0 saturated carbocycles. The van der Waals surface area contributed by atoms with E-state index >= 15 is 0 Å². The molecule has 0 aromatic heterocycles. The van der Waals surface area contributed by atoms with Crippen molar-refractivity contribution in [2.75, 3.05) is 6.61 Å². The van der Waals surface area contributed by atoms with Crippen molar-refractivity contribution in [3.8, 4) is 5.75 Å². The maximum Gasteiger partial charge on any atom is 0.314 e. The van der Waals surface area contributed by atoms with E-state index < -0.39 is 11.9 Å². The van der Waals surface area contributed by atoms with E-state index in [2.05, 4.69) is 0 Å². The topological polar surface area (TPSA) is 46.5 Å².